The van der Waals surface area contributed by atoms with Crippen LogP contribution in [0.4, 0.5) is 4.79 Å². The molecule has 9 rings (SSSR count). The Hall–Kier alpha value is -7.28. The third kappa shape index (κ3) is 11.1. The van der Waals surface area contributed by atoms with E-state index in [1.807, 2.05) is 0 Å². The zero-order valence-electron chi connectivity index (χ0n) is 56.3. The van der Waals surface area contributed by atoms with Gasteiger partial charge in [-0.1, -0.05) is 80.6 Å². The maximum atomic E-state index is 16.1. The number of aliphatic hydroxyl groups excluding tert-OH is 3. The largest absolute Gasteiger partial charge is 0.479 e. The molecule has 96 heavy (non-hydrogen) atoms. The molecule has 2 amide bonds. The van der Waals surface area contributed by atoms with Gasteiger partial charge in [-0.05, 0) is 110 Å². The van der Waals surface area contributed by atoms with Crippen molar-refractivity contribution < 1.29 is 121 Å². The second-order valence-corrected chi connectivity index (χ2v) is 28.2. The van der Waals surface area contributed by atoms with Crippen molar-refractivity contribution in [1.82, 2.24) is 10.6 Å². The van der Waals surface area contributed by atoms with Crippen molar-refractivity contribution in [3.63, 3.8) is 0 Å². The summed E-state index contributed by atoms with van der Waals surface area (Å²) in [4.78, 5) is 118. The van der Waals surface area contributed by atoms with Crippen molar-refractivity contribution >= 4 is 47.6 Å². The lowest BCUT2D eigenvalue weighted by atomic mass is 9.44. The number of rotatable bonds is 17. The van der Waals surface area contributed by atoms with Gasteiger partial charge in [-0.25, -0.2) is 19.2 Å². The molecule has 0 aromatic heterocycles. The summed E-state index contributed by atoms with van der Waals surface area (Å²) in [6, 6.07) is 21.1. The summed E-state index contributed by atoms with van der Waals surface area (Å²) in [6.45, 7) is 15.8. The Balaban J connectivity index is 1.23. The third-order valence-corrected chi connectivity index (χ3v) is 22.6. The van der Waals surface area contributed by atoms with Gasteiger partial charge in [0.2, 0.25) is 6.10 Å². The molecule has 5 fully saturated rings. The molecule has 21 atom stereocenters. The van der Waals surface area contributed by atoms with E-state index in [4.69, 9.17) is 47.4 Å². The molecule has 0 radical (unpaired) electrons. The van der Waals surface area contributed by atoms with Crippen LogP contribution in [-0.2, 0) is 71.3 Å². The summed E-state index contributed by atoms with van der Waals surface area (Å²) in [6.07, 6.45) is -19.5. The molecule has 6 aliphatic rings. The van der Waals surface area contributed by atoms with Crippen LogP contribution in [0.3, 0.4) is 0 Å². The number of ether oxygens (including phenoxy) is 10. The van der Waals surface area contributed by atoms with Gasteiger partial charge < -0.3 is 93.7 Å². The zero-order valence-corrected chi connectivity index (χ0v) is 56.3. The Morgan fingerprint density at radius 3 is 1.85 bits per heavy atom. The molecule has 9 N–H and O–H groups in total. The van der Waals surface area contributed by atoms with E-state index in [0.717, 1.165) is 41.7 Å². The fourth-order valence-corrected chi connectivity index (χ4v) is 15.6. The highest BCUT2D eigenvalue weighted by Crippen LogP contribution is 2.65. The molecule has 3 aromatic rings. The minimum atomic E-state index is -2.66. The number of nitrogens with one attached hydrogen (secondary N) is 2. The van der Waals surface area contributed by atoms with Crippen molar-refractivity contribution in [1.29, 1.82) is 0 Å². The number of ketones is 1. The molecule has 0 spiro atoms. The number of methoxy groups -OCH3 is 1. The van der Waals surface area contributed by atoms with Crippen molar-refractivity contribution in [2.75, 3.05) is 20.3 Å². The quantitative estimate of drug-likeness (QED) is 0.0529. The fourth-order valence-electron chi connectivity index (χ4n) is 15.6. The van der Waals surface area contributed by atoms with Gasteiger partial charge in [-0.3, -0.25) is 19.2 Å². The number of aliphatic carboxylic acids is 1. The number of alkyl carbamates (subject to hydrolysis) is 1. The Bertz CT molecular complexity index is 3570. The van der Waals surface area contributed by atoms with E-state index < -0.39 is 196 Å². The SMILES string of the molecule is COC1(C)C(O)C(C)(CO)OC(OC2(C)C(C)(C(=O)O)OC(C)C(C)(O)C2(C)O)C1(C)NC(=O)O[C@H](C(=O)OC1C[C@]2(O)[C@H](OC(=O)c3ccccc3)[C@H]3[C@@]4(OC(C)=O)CO[C@H]4C[C@@H](O)[C@]3(C)C(=O)[C@@H](OC(C)=O)C(=C1C)C2(C)C)[C@H](NC(=O)c1ccccc1)c1ccccc1. The fraction of sp³-hybridized carbons (Fsp3) is 0.594. The second-order valence-electron chi connectivity index (χ2n) is 28.2. The van der Waals surface area contributed by atoms with Crippen molar-refractivity contribution in [2.24, 2.45) is 16.7 Å². The van der Waals surface area contributed by atoms with Crippen LogP contribution < -0.4 is 10.6 Å². The first-order valence-corrected chi connectivity index (χ1v) is 31.6. The summed E-state index contributed by atoms with van der Waals surface area (Å²) in [7, 11) is 1.11. The number of fused-ring (bicyclic) bond motifs is 5. The minimum absolute atomic E-state index is 0.0353. The van der Waals surface area contributed by atoms with Crippen molar-refractivity contribution in [3.05, 3.63) is 119 Å². The predicted molar refractivity (Wildman–Crippen MR) is 333 cm³/mol. The van der Waals surface area contributed by atoms with Crippen LogP contribution in [0.2, 0.25) is 0 Å². The summed E-state index contributed by atoms with van der Waals surface area (Å²) in [5, 5.41) is 90.9. The average molecular weight is 1350 g/mol. The highest BCUT2D eigenvalue weighted by Gasteiger charge is 2.80. The van der Waals surface area contributed by atoms with Crippen LogP contribution in [-0.4, -0.2) is 209 Å². The molecule has 2 saturated carbocycles. The first-order chi connectivity index (χ1) is 44.5. The number of carboxylic acids is 1. The van der Waals surface area contributed by atoms with E-state index in [9.17, 15) is 59.7 Å². The molecule has 3 heterocycles. The van der Waals surface area contributed by atoms with Crippen LogP contribution in [0.1, 0.15) is 142 Å². The topological polar surface area (TPSA) is 395 Å². The number of hydrogen-bond acceptors (Lipinski definition) is 24. The number of esters is 4. The summed E-state index contributed by atoms with van der Waals surface area (Å²) >= 11 is 0. The minimum Gasteiger partial charge on any atom is -0.479 e. The molecule has 27 heteroatoms. The average Bonchev–Trinajstić information content (AvgIpc) is 0.676. The number of aliphatic hydroxyl groups is 6. The van der Waals surface area contributed by atoms with E-state index in [1.54, 1.807) is 54.6 Å². The second kappa shape index (κ2) is 25.2. The van der Waals surface area contributed by atoms with E-state index in [2.05, 4.69) is 10.6 Å². The first kappa shape index (κ1) is 73.0. The van der Waals surface area contributed by atoms with Crippen LogP contribution in [0.5, 0.6) is 0 Å². The molecule has 2 bridgehead atoms. The van der Waals surface area contributed by atoms with Crippen molar-refractivity contribution in [3.8, 4) is 0 Å². The highest BCUT2D eigenvalue weighted by atomic mass is 16.7. The number of Topliss-reactive ketones (excluding diaryl/α,β-unsaturated/α-hetero) is 1. The number of benzene rings is 3. The maximum Gasteiger partial charge on any atom is 0.408 e. The molecular weight excluding hydrogens is 1260 g/mol. The smallest absolute Gasteiger partial charge is 0.408 e. The van der Waals surface area contributed by atoms with Gasteiger partial charge in [0, 0.05) is 44.8 Å². The van der Waals surface area contributed by atoms with Gasteiger partial charge in [0.05, 0.1) is 42.3 Å². The lowest BCUT2D eigenvalue weighted by molar-refractivity contribution is -0.429. The molecule has 3 aliphatic carbocycles. The number of hydrogen-bond donors (Lipinski definition) is 9. The number of carbonyl (C=O) groups excluding carboxylic acids is 7. The first-order valence-electron chi connectivity index (χ1n) is 31.6. The molecular formula is C69H88N2O25. The van der Waals surface area contributed by atoms with Crippen LogP contribution >= 0.6 is 0 Å². The highest BCUT2D eigenvalue weighted by molar-refractivity contribution is 5.96. The Kier molecular flexibility index (Phi) is 19.2. The molecule has 524 valence electrons. The van der Waals surface area contributed by atoms with Crippen LogP contribution in [0.25, 0.3) is 0 Å². The molecule has 3 aromatic carbocycles. The predicted octanol–water partition coefficient (Wildman–Crippen LogP) is 3.64. The van der Waals surface area contributed by atoms with Crippen LogP contribution in [0.15, 0.2) is 102 Å². The van der Waals surface area contributed by atoms with E-state index >= 15 is 14.4 Å². The van der Waals surface area contributed by atoms with Crippen LogP contribution in [0, 0.1) is 16.7 Å². The lowest BCUT2D eigenvalue weighted by Crippen LogP contribution is -2.86. The van der Waals surface area contributed by atoms with Crippen molar-refractivity contribution in [2.45, 2.75) is 221 Å². The normalized spacial score (nSPS) is 39.8. The van der Waals surface area contributed by atoms with Gasteiger partial charge in [0.1, 0.15) is 69.6 Å². The molecule has 3 aliphatic heterocycles. The standard InChI is InChI=1S/C69H88N2O25/c1-35-42(32-69(86)51(92-53(78)41-29-23-18-24-30-41)49-61(8,43(75)31-44-68(49,34-88-44)94-38(4)74)50(76)47(89-37(3)73)45(35)59(69,5)6)90-54(79)48(46(39-25-19-16-20-26-39)70-52(77)40-27-21-17-22-28-40)91-58(83)71-62(9)57(95-60(7,33-72)55(80)64(62,11)87-15)96-67(14)65(12,56(81)82)93-36(2)63(10,84)66(67,13)85/h16-30,36,42-44,46-49,51,55,57,72,75,80,84-86H,31-34H2,1-15H3,(H,70,77)(H,71,83)(H,81,82)/t36?,42?,43-,44+,46-,47+,48+,49-,51-,55?,57?,60?,61+,62?,63?,64?,65?,66?,67?,68-,69+/m1/s1. The monoisotopic (exact) mass is 1340 g/mol. The summed E-state index contributed by atoms with van der Waals surface area (Å²) < 4.78 is 62.7. The Labute approximate surface area is 555 Å². The van der Waals surface area contributed by atoms with Gasteiger partial charge in [-0.2, -0.15) is 0 Å². The van der Waals surface area contributed by atoms with Gasteiger partial charge in [0.15, 0.2) is 29.4 Å². The summed E-state index contributed by atoms with van der Waals surface area (Å²) in [5.74, 6) is -9.72. The molecule has 27 nitrogen and oxygen atoms in total. The Morgan fingerprint density at radius 2 is 1.33 bits per heavy atom. The van der Waals surface area contributed by atoms with E-state index in [0.29, 0.717) is 0 Å². The van der Waals surface area contributed by atoms with E-state index in [1.165, 1.54) is 98.7 Å². The van der Waals surface area contributed by atoms with Gasteiger partial charge >= 0.3 is 35.9 Å². The summed E-state index contributed by atoms with van der Waals surface area (Å²) in [5.41, 5.74) is -25.9. The third-order valence-electron chi connectivity index (χ3n) is 22.6. The van der Waals surface area contributed by atoms with Gasteiger partial charge in [-0.15, -0.1) is 0 Å². The lowest BCUT2D eigenvalue weighted by Gasteiger charge is -2.67. The molecule has 11 unspecified atom stereocenters. The Morgan fingerprint density at radius 1 is 0.760 bits per heavy atom. The van der Waals surface area contributed by atoms with E-state index in [-0.39, 0.29) is 34.3 Å². The van der Waals surface area contributed by atoms with Gasteiger partial charge in [0.25, 0.3) is 5.91 Å². The number of amides is 2. The number of carboxylic acid groups (broad SMARTS) is 1. The maximum absolute atomic E-state index is 16.1. The number of carbonyl (C=O) groups is 8. The molecule has 3 saturated heterocycles. The zero-order chi connectivity index (χ0) is 71.3.